The number of benzene rings is 4. The van der Waals surface area contributed by atoms with Crippen LogP contribution in [0.15, 0.2) is 72.8 Å². The molecule has 0 N–H and O–H groups in total. The molecule has 4 aromatic carbocycles. The zero-order valence-electron chi connectivity index (χ0n) is 42.9. The summed E-state index contributed by atoms with van der Waals surface area (Å²) in [5, 5.41) is 2.93. The minimum absolute atomic E-state index is 0.0403. The summed E-state index contributed by atoms with van der Waals surface area (Å²) in [5.74, 6) is -0.617. The summed E-state index contributed by atoms with van der Waals surface area (Å²) in [6.07, 6.45) is 4.32. The Labute approximate surface area is 437 Å². The Kier molecular flexibility index (Phi) is 17.4. The van der Waals surface area contributed by atoms with Gasteiger partial charge in [0.05, 0.1) is 22.6 Å². The minimum Gasteiger partial charge on any atom is -0.409 e. The van der Waals surface area contributed by atoms with E-state index in [9.17, 15) is 33.3 Å². The number of phosphoric ester groups is 1. The molecule has 19 heteroatoms. The molecule has 2 atom stereocenters. The lowest BCUT2D eigenvalue weighted by Gasteiger charge is -2.31. The number of unbranched alkanes of at least 4 members (excludes halogenated alkanes) is 2. The molecule has 0 aromatic heterocycles. The molecule has 4 aromatic rings. The van der Waals surface area contributed by atoms with Crippen LogP contribution in [0.25, 0.3) is 21.5 Å². The standard InChI is InChI=1S/C54H66Cl2N5O11P/c1-53(2,3)71-73(68,72-54(4,5)6)70-44-30-42-51(40-20-14-12-18-38(40)44)36(32-56)34-61(42)47(64)23-16-22-46(63)60-33-35(31-55)50-39-19-13-11-17-37(39)43(29-41(50)60)69-52(67)58(8)28-27-57(7)45(62)21-10-9-15-26-59-48(65)24-25-49(59)66/h11-14,17-20,24-25,29-30,35-36H,9-10,15-16,21-23,26-28,31-34H2,1-8H3/t35-,36-/m1/s1. The molecule has 16 nitrogen and oxygen atoms in total. The van der Waals surface area contributed by atoms with Crippen LogP contribution in [0.3, 0.4) is 0 Å². The summed E-state index contributed by atoms with van der Waals surface area (Å²) in [4.78, 5) is 86.0. The molecule has 0 aliphatic carbocycles. The summed E-state index contributed by atoms with van der Waals surface area (Å²) in [6, 6.07) is 18.4. The number of carbonyl (C=O) groups is 6. The zero-order valence-corrected chi connectivity index (χ0v) is 45.3. The van der Waals surface area contributed by atoms with E-state index in [1.807, 2.05) is 48.5 Å². The minimum atomic E-state index is -4.23. The molecule has 6 amide bonds. The fourth-order valence-electron chi connectivity index (χ4n) is 9.47. The predicted octanol–water partition coefficient (Wildman–Crippen LogP) is 10.7. The Morgan fingerprint density at radius 3 is 1.60 bits per heavy atom. The lowest BCUT2D eigenvalue weighted by molar-refractivity contribution is -0.137. The Morgan fingerprint density at radius 2 is 1.11 bits per heavy atom. The summed E-state index contributed by atoms with van der Waals surface area (Å²) in [5.41, 5.74) is 1.12. The first-order valence-corrected chi connectivity index (χ1v) is 27.3. The van der Waals surface area contributed by atoms with Crippen LogP contribution in [0.2, 0.25) is 0 Å². The fourth-order valence-corrected chi connectivity index (χ4v) is 11.8. The summed E-state index contributed by atoms with van der Waals surface area (Å²) >= 11 is 13.1. The number of hydrogen-bond acceptors (Lipinski definition) is 11. The molecule has 3 aliphatic rings. The van der Waals surface area contributed by atoms with Gasteiger partial charge in [0.1, 0.15) is 11.5 Å². The van der Waals surface area contributed by atoms with Gasteiger partial charge in [-0.1, -0.05) is 55.0 Å². The van der Waals surface area contributed by atoms with E-state index >= 15 is 0 Å². The number of fused-ring (bicyclic) bond motifs is 6. The van der Waals surface area contributed by atoms with Gasteiger partial charge in [-0.25, -0.2) is 9.36 Å². The van der Waals surface area contributed by atoms with E-state index in [2.05, 4.69) is 0 Å². The van der Waals surface area contributed by atoms with E-state index in [0.717, 1.165) is 21.9 Å². The average molecular weight is 1060 g/mol. The first-order valence-electron chi connectivity index (χ1n) is 24.8. The average Bonchev–Trinajstić information content (AvgIpc) is 4.00. The second kappa shape index (κ2) is 22.9. The molecule has 3 aliphatic heterocycles. The highest BCUT2D eigenvalue weighted by molar-refractivity contribution is 7.49. The second-order valence-electron chi connectivity index (χ2n) is 20.8. The number of halogens is 2. The van der Waals surface area contributed by atoms with Crippen LogP contribution in [0, 0.1) is 0 Å². The third-order valence-electron chi connectivity index (χ3n) is 12.9. The van der Waals surface area contributed by atoms with E-state index in [-0.39, 0.29) is 103 Å². The van der Waals surface area contributed by atoms with Crippen molar-refractivity contribution in [3.8, 4) is 11.5 Å². The van der Waals surface area contributed by atoms with Gasteiger partial charge in [-0.05, 0) is 82.7 Å². The number of alkyl halides is 2. The van der Waals surface area contributed by atoms with Crippen LogP contribution < -0.4 is 19.1 Å². The molecular weight excluding hydrogens is 996 g/mol. The van der Waals surface area contributed by atoms with E-state index in [0.29, 0.717) is 61.0 Å². The SMILES string of the molecule is CN(CCN(C)C(=O)Oc1cc2c(c3ccccc13)[C@H](CCl)CN2C(=O)CCCC(=O)N1C[C@@H](CCl)c2c1cc(OP(=O)(OC(C)(C)C)OC(C)(C)C)c1ccccc21)C(=O)CCCCCN1C(=O)C=CC1=O. The van der Waals surface area contributed by atoms with Gasteiger partial charge in [0.2, 0.25) is 17.7 Å². The number of rotatable bonds is 20. The van der Waals surface area contributed by atoms with Crippen LogP contribution in [-0.2, 0) is 37.6 Å². The van der Waals surface area contributed by atoms with Gasteiger partial charge in [0.15, 0.2) is 0 Å². The van der Waals surface area contributed by atoms with Crippen LogP contribution in [0.1, 0.15) is 109 Å². The molecular formula is C54H66Cl2N5O11P. The maximum Gasteiger partial charge on any atom is 0.531 e. The molecule has 0 saturated heterocycles. The predicted molar refractivity (Wildman–Crippen MR) is 284 cm³/mol. The van der Waals surface area contributed by atoms with E-state index in [1.165, 1.54) is 22.0 Å². The van der Waals surface area contributed by atoms with Crippen molar-refractivity contribution in [2.75, 3.05) is 68.4 Å². The van der Waals surface area contributed by atoms with Gasteiger partial charge in [-0.2, -0.15) is 0 Å². The lowest BCUT2D eigenvalue weighted by Crippen LogP contribution is -2.38. The highest BCUT2D eigenvalue weighted by Crippen LogP contribution is 2.58. The summed E-state index contributed by atoms with van der Waals surface area (Å²) in [6.45, 7) is 11.9. The van der Waals surface area contributed by atoms with Crippen molar-refractivity contribution in [2.45, 2.75) is 110 Å². The van der Waals surface area contributed by atoms with Crippen molar-refractivity contribution < 1.29 is 51.6 Å². The maximum atomic E-state index is 14.4. The second-order valence-corrected chi connectivity index (χ2v) is 22.9. The van der Waals surface area contributed by atoms with Gasteiger partial charge in [0, 0.05) is 125 Å². The molecule has 0 fully saturated rings. The number of amides is 6. The normalized spacial score (nSPS) is 16.7. The molecule has 0 radical (unpaired) electrons. The number of phosphoric acid groups is 1. The molecule has 0 bridgehead atoms. The summed E-state index contributed by atoms with van der Waals surface area (Å²) < 4.78 is 38.6. The first-order chi connectivity index (χ1) is 34.5. The van der Waals surface area contributed by atoms with Gasteiger partial charge in [-0.3, -0.25) is 37.9 Å². The van der Waals surface area contributed by atoms with Crippen molar-refractivity contribution >= 4 is 99.6 Å². The van der Waals surface area contributed by atoms with Crippen LogP contribution in [0.4, 0.5) is 16.2 Å². The van der Waals surface area contributed by atoms with Gasteiger partial charge in [-0.15, -0.1) is 23.2 Å². The Morgan fingerprint density at radius 1 is 0.644 bits per heavy atom. The largest absolute Gasteiger partial charge is 0.531 e. The third kappa shape index (κ3) is 13.1. The topological polar surface area (TPSA) is 173 Å². The maximum absolute atomic E-state index is 14.4. The number of likely N-dealkylation sites (N-methyl/N-ethyl adjacent to an activating group) is 2. The van der Waals surface area contributed by atoms with Gasteiger partial charge in [0.25, 0.3) is 11.8 Å². The first kappa shape index (κ1) is 55.2. The van der Waals surface area contributed by atoms with Crippen LogP contribution in [0.5, 0.6) is 11.5 Å². The molecule has 3 heterocycles. The Hall–Kier alpha value is -5.51. The number of anilines is 2. The molecule has 7 rings (SSSR count). The van der Waals surface area contributed by atoms with Gasteiger partial charge < -0.3 is 28.9 Å². The molecule has 0 spiro atoms. The zero-order chi connectivity index (χ0) is 53.0. The van der Waals surface area contributed by atoms with E-state index in [4.69, 9.17) is 41.5 Å². The lowest BCUT2D eigenvalue weighted by atomic mass is 9.95. The quantitative estimate of drug-likeness (QED) is 0.0357. The fraction of sp³-hybridized carbons (Fsp3) is 0.481. The highest BCUT2D eigenvalue weighted by Gasteiger charge is 2.41. The molecule has 0 saturated carbocycles. The van der Waals surface area contributed by atoms with Crippen molar-refractivity contribution in [3.63, 3.8) is 0 Å². The number of hydrogen-bond donors (Lipinski definition) is 0. The van der Waals surface area contributed by atoms with E-state index in [1.54, 1.807) is 82.5 Å². The third-order valence-corrected chi connectivity index (χ3v) is 15.6. The highest BCUT2D eigenvalue weighted by atomic mass is 35.5. The molecule has 73 heavy (non-hydrogen) atoms. The van der Waals surface area contributed by atoms with E-state index < -0.39 is 25.1 Å². The Bertz CT molecular complexity index is 2820. The summed E-state index contributed by atoms with van der Waals surface area (Å²) in [7, 11) is -0.973. The monoisotopic (exact) mass is 1060 g/mol. The van der Waals surface area contributed by atoms with Crippen molar-refractivity contribution in [2.24, 2.45) is 0 Å². The number of imide groups is 1. The molecule has 392 valence electrons. The van der Waals surface area contributed by atoms with Gasteiger partial charge >= 0.3 is 13.9 Å². The van der Waals surface area contributed by atoms with Crippen molar-refractivity contribution in [1.29, 1.82) is 0 Å². The smallest absolute Gasteiger partial charge is 0.409 e. The van der Waals surface area contributed by atoms with Crippen molar-refractivity contribution in [3.05, 3.63) is 83.9 Å². The Balaban J connectivity index is 1.01. The van der Waals surface area contributed by atoms with Crippen LogP contribution >= 0.6 is 31.0 Å². The number of ether oxygens (including phenoxy) is 1. The number of carbonyl (C=O) groups excluding carboxylic acids is 6. The number of nitrogens with zero attached hydrogens (tertiary/aromatic N) is 5. The molecule has 0 unspecified atom stereocenters. The van der Waals surface area contributed by atoms with Crippen molar-refractivity contribution in [1.82, 2.24) is 14.7 Å². The van der Waals surface area contributed by atoms with Crippen LogP contribution in [-0.4, -0.2) is 120 Å².